The molecule has 0 amide bonds. The molecule has 130 valence electrons. The minimum Gasteiger partial charge on any atom is -0.457 e. The first-order valence-electron chi connectivity index (χ1n) is 8.23. The van der Waals surface area contributed by atoms with Gasteiger partial charge < -0.3 is 10.1 Å². The van der Waals surface area contributed by atoms with Crippen molar-refractivity contribution in [3.8, 4) is 11.5 Å². The first kappa shape index (κ1) is 17.6. The molecule has 0 radical (unpaired) electrons. The Morgan fingerprint density at radius 3 is 2.35 bits per heavy atom. The molecule has 0 bridgehead atoms. The molecule has 0 unspecified atom stereocenters. The molecule has 0 fully saturated rings. The standard InChI is InChI=1S/C21H19N3OS/c26-21(22-15-17-8-3-1-4-9-17)24-23-16-18-10-7-13-20(14-18)25-19-11-5-2-6-12-19/h1-14,16H,15H2,(H2,22,24,26)/b23-16+. The summed E-state index contributed by atoms with van der Waals surface area (Å²) in [5.41, 5.74) is 4.89. The van der Waals surface area contributed by atoms with E-state index in [-0.39, 0.29) is 0 Å². The number of para-hydroxylation sites is 1. The number of hydrazone groups is 1. The van der Waals surface area contributed by atoms with Crippen LogP contribution in [-0.4, -0.2) is 11.3 Å². The van der Waals surface area contributed by atoms with Crippen LogP contribution >= 0.6 is 12.2 Å². The fourth-order valence-corrected chi connectivity index (χ4v) is 2.39. The lowest BCUT2D eigenvalue weighted by molar-refractivity contribution is 0.482. The monoisotopic (exact) mass is 361 g/mol. The molecule has 3 aromatic rings. The molecule has 3 aromatic carbocycles. The van der Waals surface area contributed by atoms with Crippen molar-refractivity contribution in [2.24, 2.45) is 5.10 Å². The Bertz CT molecular complexity index is 867. The van der Waals surface area contributed by atoms with E-state index in [1.54, 1.807) is 6.21 Å². The molecule has 0 aliphatic carbocycles. The predicted octanol–water partition coefficient (Wildman–Crippen LogP) is 4.48. The van der Waals surface area contributed by atoms with Gasteiger partial charge in [-0.1, -0.05) is 60.7 Å². The summed E-state index contributed by atoms with van der Waals surface area (Å²) in [5, 5.41) is 7.75. The lowest BCUT2D eigenvalue weighted by Crippen LogP contribution is -2.31. The number of hydrogen-bond donors (Lipinski definition) is 2. The summed E-state index contributed by atoms with van der Waals surface area (Å²) < 4.78 is 5.81. The van der Waals surface area contributed by atoms with Gasteiger partial charge in [-0.05, 0) is 47.6 Å². The Balaban J connectivity index is 1.50. The van der Waals surface area contributed by atoms with Crippen LogP contribution in [0.15, 0.2) is 90.0 Å². The SMILES string of the molecule is S=C(NCc1ccccc1)N/N=C/c1cccc(Oc2ccccc2)c1. The topological polar surface area (TPSA) is 45.7 Å². The maximum Gasteiger partial charge on any atom is 0.187 e. The minimum absolute atomic E-state index is 0.474. The molecule has 0 saturated heterocycles. The van der Waals surface area contributed by atoms with Crippen LogP contribution in [0.1, 0.15) is 11.1 Å². The molecule has 0 spiro atoms. The fraction of sp³-hybridized carbons (Fsp3) is 0.0476. The zero-order chi connectivity index (χ0) is 18.0. The molecule has 0 aliphatic heterocycles. The Morgan fingerprint density at radius 2 is 1.58 bits per heavy atom. The molecule has 0 aromatic heterocycles. The van der Waals surface area contributed by atoms with Crippen molar-refractivity contribution >= 4 is 23.5 Å². The highest BCUT2D eigenvalue weighted by atomic mass is 32.1. The molecule has 3 rings (SSSR count). The number of rotatable bonds is 6. The van der Waals surface area contributed by atoms with E-state index in [1.165, 1.54) is 0 Å². The third-order valence-corrected chi connectivity index (χ3v) is 3.75. The second-order valence-corrected chi connectivity index (χ2v) is 5.93. The quantitative estimate of drug-likeness (QED) is 0.386. The highest BCUT2D eigenvalue weighted by molar-refractivity contribution is 7.80. The van der Waals surface area contributed by atoms with Crippen LogP contribution in [0.2, 0.25) is 0 Å². The van der Waals surface area contributed by atoms with Crippen LogP contribution in [0.25, 0.3) is 0 Å². The third kappa shape index (κ3) is 5.72. The van der Waals surface area contributed by atoms with E-state index in [0.717, 1.165) is 22.6 Å². The summed E-state index contributed by atoms with van der Waals surface area (Å²) in [5.74, 6) is 1.55. The van der Waals surface area contributed by atoms with Gasteiger partial charge in [-0.15, -0.1) is 0 Å². The number of nitrogens with zero attached hydrogens (tertiary/aromatic N) is 1. The van der Waals surface area contributed by atoms with Crippen molar-refractivity contribution in [2.75, 3.05) is 0 Å². The first-order valence-corrected chi connectivity index (χ1v) is 8.64. The minimum atomic E-state index is 0.474. The van der Waals surface area contributed by atoms with Gasteiger partial charge >= 0.3 is 0 Å². The number of benzene rings is 3. The zero-order valence-electron chi connectivity index (χ0n) is 14.1. The Labute approximate surface area is 158 Å². The highest BCUT2D eigenvalue weighted by Gasteiger charge is 1.98. The Hall–Kier alpha value is -3.18. The summed E-state index contributed by atoms with van der Waals surface area (Å²) in [6, 6.07) is 27.4. The van der Waals surface area contributed by atoms with E-state index in [2.05, 4.69) is 15.8 Å². The second-order valence-electron chi connectivity index (χ2n) is 5.53. The fourth-order valence-electron chi connectivity index (χ4n) is 2.27. The van der Waals surface area contributed by atoms with E-state index in [9.17, 15) is 0 Å². The molecule has 0 heterocycles. The van der Waals surface area contributed by atoms with Gasteiger partial charge in [0.2, 0.25) is 0 Å². The second kappa shape index (κ2) is 9.34. The van der Waals surface area contributed by atoms with Crippen molar-refractivity contribution in [1.82, 2.24) is 10.7 Å². The summed E-state index contributed by atoms with van der Waals surface area (Å²) >= 11 is 5.22. The van der Waals surface area contributed by atoms with Crippen molar-refractivity contribution in [1.29, 1.82) is 0 Å². The molecular weight excluding hydrogens is 342 g/mol. The van der Waals surface area contributed by atoms with Crippen molar-refractivity contribution in [3.63, 3.8) is 0 Å². The first-order chi connectivity index (χ1) is 12.8. The molecule has 5 heteroatoms. The molecule has 4 nitrogen and oxygen atoms in total. The number of ether oxygens (including phenoxy) is 1. The number of thiocarbonyl (C=S) groups is 1. The molecule has 0 aliphatic rings. The molecule has 26 heavy (non-hydrogen) atoms. The van der Waals surface area contributed by atoms with Crippen LogP contribution in [-0.2, 0) is 6.54 Å². The number of nitrogens with one attached hydrogen (secondary N) is 2. The summed E-state index contributed by atoms with van der Waals surface area (Å²) in [6.07, 6.45) is 1.70. The van der Waals surface area contributed by atoms with Gasteiger partial charge in [0.1, 0.15) is 11.5 Å². The maximum atomic E-state index is 5.81. The maximum absolute atomic E-state index is 5.81. The van der Waals surface area contributed by atoms with Gasteiger partial charge in [0.25, 0.3) is 0 Å². The van der Waals surface area contributed by atoms with E-state index in [4.69, 9.17) is 17.0 Å². The van der Waals surface area contributed by atoms with Crippen LogP contribution in [0.3, 0.4) is 0 Å². The molecule has 0 atom stereocenters. The Morgan fingerprint density at radius 1 is 0.885 bits per heavy atom. The van der Waals surface area contributed by atoms with E-state index in [1.807, 2.05) is 84.9 Å². The summed E-state index contributed by atoms with van der Waals surface area (Å²) in [6.45, 7) is 0.655. The zero-order valence-corrected chi connectivity index (χ0v) is 14.9. The summed E-state index contributed by atoms with van der Waals surface area (Å²) in [7, 11) is 0. The molecular formula is C21H19N3OS. The van der Waals surface area contributed by atoms with Crippen molar-refractivity contribution in [3.05, 3.63) is 96.1 Å². The third-order valence-electron chi connectivity index (χ3n) is 3.51. The Kier molecular flexibility index (Phi) is 6.34. The summed E-state index contributed by atoms with van der Waals surface area (Å²) in [4.78, 5) is 0. The lowest BCUT2D eigenvalue weighted by Gasteiger charge is -2.07. The normalized spacial score (nSPS) is 10.5. The van der Waals surface area contributed by atoms with E-state index < -0.39 is 0 Å². The molecule has 0 saturated carbocycles. The van der Waals surface area contributed by atoms with Crippen LogP contribution < -0.4 is 15.5 Å². The van der Waals surface area contributed by atoms with Gasteiger partial charge in [-0.2, -0.15) is 5.10 Å². The lowest BCUT2D eigenvalue weighted by atomic mass is 10.2. The average Bonchev–Trinajstić information content (AvgIpc) is 2.68. The van der Waals surface area contributed by atoms with Crippen LogP contribution in [0.4, 0.5) is 0 Å². The highest BCUT2D eigenvalue weighted by Crippen LogP contribution is 2.21. The van der Waals surface area contributed by atoms with E-state index >= 15 is 0 Å². The van der Waals surface area contributed by atoms with E-state index in [0.29, 0.717) is 11.7 Å². The average molecular weight is 361 g/mol. The smallest absolute Gasteiger partial charge is 0.187 e. The van der Waals surface area contributed by atoms with Crippen molar-refractivity contribution < 1.29 is 4.74 Å². The van der Waals surface area contributed by atoms with Gasteiger partial charge in [0, 0.05) is 6.54 Å². The van der Waals surface area contributed by atoms with Crippen molar-refractivity contribution in [2.45, 2.75) is 6.54 Å². The largest absolute Gasteiger partial charge is 0.457 e. The van der Waals surface area contributed by atoms with Gasteiger partial charge in [-0.3, -0.25) is 5.43 Å². The molecule has 2 N–H and O–H groups in total. The predicted molar refractivity (Wildman–Crippen MR) is 110 cm³/mol. The van der Waals surface area contributed by atoms with Crippen LogP contribution in [0, 0.1) is 0 Å². The van der Waals surface area contributed by atoms with Gasteiger partial charge in [-0.25, -0.2) is 0 Å². The number of hydrogen-bond acceptors (Lipinski definition) is 3. The van der Waals surface area contributed by atoms with Crippen LogP contribution in [0.5, 0.6) is 11.5 Å². The van der Waals surface area contributed by atoms with Gasteiger partial charge in [0.15, 0.2) is 5.11 Å². The van der Waals surface area contributed by atoms with Gasteiger partial charge in [0.05, 0.1) is 6.21 Å².